The highest BCUT2D eigenvalue weighted by atomic mass is 79.9. The molecule has 1 aliphatic rings. The van der Waals surface area contributed by atoms with E-state index in [9.17, 15) is 0 Å². The SMILES string of the molecule is Cc1nc(-n2c(C)cc3c2CCCC3N)ccc1Br. The molecule has 1 aliphatic carbocycles. The molecule has 2 aromatic rings. The van der Waals surface area contributed by atoms with Crippen LogP contribution in [0, 0.1) is 13.8 Å². The van der Waals surface area contributed by atoms with Gasteiger partial charge in [0, 0.05) is 21.9 Å². The number of fused-ring (bicyclic) bond motifs is 1. The molecule has 3 rings (SSSR count). The maximum atomic E-state index is 6.22. The lowest BCUT2D eigenvalue weighted by Crippen LogP contribution is -2.18. The van der Waals surface area contributed by atoms with E-state index in [1.807, 2.05) is 6.92 Å². The van der Waals surface area contributed by atoms with E-state index in [0.29, 0.717) is 0 Å². The second-order valence-electron chi connectivity index (χ2n) is 5.26. The minimum absolute atomic E-state index is 0.181. The van der Waals surface area contributed by atoms with Crippen molar-refractivity contribution in [3.8, 4) is 5.82 Å². The first-order valence-corrected chi connectivity index (χ1v) is 7.47. The predicted octanol–water partition coefficient (Wildman–Crippen LogP) is 3.59. The Morgan fingerprint density at radius 1 is 1.37 bits per heavy atom. The van der Waals surface area contributed by atoms with E-state index in [4.69, 9.17) is 5.73 Å². The van der Waals surface area contributed by atoms with Crippen LogP contribution in [0.1, 0.15) is 41.5 Å². The van der Waals surface area contributed by atoms with Gasteiger partial charge in [0.05, 0.1) is 5.69 Å². The van der Waals surface area contributed by atoms with Crippen LogP contribution in [0.5, 0.6) is 0 Å². The van der Waals surface area contributed by atoms with Gasteiger partial charge in [-0.15, -0.1) is 0 Å². The van der Waals surface area contributed by atoms with Crippen LogP contribution in [-0.4, -0.2) is 9.55 Å². The molecule has 0 amide bonds. The maximum Gasteiger partial charge on any atom is 0.137 e. The molecule has 0 aromatic carbocycles. The number of nitrogens with zero attached hydrogens (tertiary/aromatic N) is 2. The Labute approximate surface area is 122 Å². The van der Waals surface area contributed by atoms with E-state index in [1.54, 1.807) is 0 Å². The maximum absolute atomic E-state index is 6.22. The van der Waals surface area contributed by atoms with Gasteiger partial charge in [-0.05, 0) is 72.8 Å². The van der Waals surface area contributed by atoms with Crippen LogP contribution in [0.3, 0.4) is 0 Å². The average molecular weight is 320 g/mol. The van der Waals surface area contributed by atoms with Crippen LogP contribution < -0.4 is 5.73 Å². The number of aromatic nitrogens is 2. The third kappa shape index (κ3) is 2.13. The summed E-state index contributed by atoms with van der Waals surface area (Å²) in [6.07, 6.45) is 3.34. The van der Waals surface area contributed by atoms with Crippen molar-refractivity contribution in [1.82, 2.24) is 9.55 Å². The zero-order chi connectivity index (χ0) is 13.6. The first kappa shape index (κ1) is 12.9. The zero-order valence-electron chi connectivity index (χ0n) is 11.3. The first-order valence-electron chi connectivity index (χ1n) is 6.68. The van der Waals surface area contributed by atoms with Crippen LogP contribution in [0.15, 0.2) is 22.7 Å². The van der Waals surface area contributed by atoms with Gasteiger partial charge in [-0.25, -0.2) is 4.98 Å². The molecule has 0 fully saturated rings. The molecule has 2 aromatic heterocycles. The van der Waals surface area contributed by atoms with Gasteiger partial charge in [-0.1, -0.05) is 0 Å². The molecular formula is C15H18BrN3. The lowest BCUT2D eigenvalue weighted by Gasteiger charge is -2.21. The summed E-state index contributed by atoms with van der Waals surface area (Å²) in [6.45, 7) is 4.15. The second kappa shape index (κ2) is 4.76. The highest BCUT2D eigenvalue weighted by Crippen LogP contribution is 2.32. The number of rotatable bonds is 1. The number of halogens is 1. The third-order valence-electron chi connectivity index (χ3n) is 3.88. The van der Waals surface area contributed by atoms with Crippen molar-refractivity contribution in [1.29, 1.82) is 0 Å². The Kier molecular flexibility index (Phi) is 3.23. The lowest BCUT2D eigenvalue weighted by atomic mass is 9.93. The third-order valence-corrected chi connectivity index (χ3v) is 4.72. The highest BCUT2D eigenvalue weighted by molar-refractivity contribution is 9.10. The van der Waals surface area contributed by atoms with Crippen molar-refractivity contribution in [2.45, 2.75) is 39.2 Å². The molecule has 0 saturated heterocycles. The van der Waals surface area contributed by atoms with Crippen LogP contribution in [0.2, 0.25) is 0 Å². The fourth-order valence-corrected chi connectivity index (χ4v) is 3.13. The molecule has 2 N–H and O–H groups in total. The lowest BCUT2D eigenvalue weighted by molar-refractivity contribution is 0.559. The second-order valence-corrected chi connectivity index (χ2v) is 6.11. The summed E-state index contributed by atoms with van der Waals surface area (Å²) < 4.78 is 3.31. The summed E-state index contributed by atoms with van der Waals surface area (Å²) in [5.41, 5.74) is 11.1. The largest absolute Gasteiger partial charge is 0.324 e. The molecule has 0 bridgehead atoms. The Hall–Kier alpha value is -1.13. The molecule has 0 radical (unpaired) electrons. The Morgan fingerprint density at radius 2 is 2.16 bits per heavy atom. The van der Waals surface area contributed by atoms with Gasteiger partial charge in [0.1, 0.15) is 5.82 Å². The topological polar surface area (TPSA) is 43.8 Å². The summed E-state index contributed by atoms with van der Waals surface area (Å²) in [7, 11) is 0. The smallest absolute Gasteiger partial charge is 0.137 e. The van der Waals surface area contributed by atoms with E-state index >= 15 is 0 Å². The number of hydrogen-bond acceptors (Lipinski definition) is 2. The fraction of sp³-hybridized carbons (Fsp3) is 0.400. The van der Waals surface area contributed by atoms with Gasteiger partial charge in [0.2, 0.25) is 0 Å². The van der Waals surface area contributed by atoms with E-state index in [-0.39, 0.29) is 6.04 Å². The van der Waals surface area contributed by atoms with E-state index < -0.39 is 0 Å². The van der Waals surface area contributed by atoms with Crippen LogP contribution >= 0.6 is 15.9 Å². The molecule has 19 heavy (non-hydrogen) atoms. The molecular weight excluding hydrogens is 302 g/mol. The molecule has 2 heterocycles. The number of hydrogen-bond donors (Lipinski definition) is 1. The molecule has 1 atom stereocenters. The predicted molar refractivity (Wildman–Crippen MR) is 80.6 cm³/mol. The van der Waals surface area contributed by atoms with Crippen molar-refractivity contribution in [3.05, 3.63) is 45.3 Å². The summed E-state index contributed by atoms with van der Waals surface area (Å²) >= 11 is 3.50. The molecule has 0 saturated carbocycles. The minimum Gasteiger partial charge on any atom is -0.324 e. The molecule has 100 valence electrons. The van der Waals surface area contributed by atoms with Crippen molar-refractivity contribution in [3.63, 3.8) is 0 Å². The highest BCUT2D eigenvalue weighted by Gasteiger charge is 2.23. The summed E-state index contributed by atoms with van der Waals surface area (Å²) in [4.78, 5) is 4.68. The quantitative estimate of drug-likeness (QED) is 0.873. The molecule has 3 nitrogen and oxygen atoms in total. The Bertz CT molecular complexity index is 631. The number of pyridine rings is 1. The molecule has 0 aliphatic heterocycles. The van der Waals surface area contributed by atoms with Crippen molar-refractivity contribution >= 4 is 15.9 Å². The van der Waals surface area contributed by atoms with Crippen LogP contribution in [0.4, 0.5) is 0 Å². The van der Waals surface area contributed by atoms with Crippen molar-refractivity contribution in [2.24, 2.45) is 5.73 Å². The Morgan fingerprint density at radius 3 is 2.89 bits per heavy atom. The average Bonchev–Trinajstić information content (AvgIpc) is 2.71. The van der Waals surface area contributed by atoms with Crippen LogP contribution in [-0.2, 0) is 6.42 Å². The summed E-state index contributed by atoms with van der Waals surface area (Å²) in [6, 6.07) is 6.52. The molecule has 1 unspecified atom stereocenters. The number of aryl methyl sites for hydroxylation is 2. The van der Waals surface area contributed by atoms with E-state index in [0.717, 1.165) is 35.2 Å². The standard InChI is InChI=1S/C15H18BrN3/c1-9-8-11-13(17)4-3-5-14(11)19(9)15-7-6-12(16)10(2)18-15/h6-8,13H,3-5,17H2,1-2H3. The summed E-state index contributed by atoms with van der Waals surface area (Å²) in [5.74, 6) is 0.994. The van der Waals surface area contributed by atoms with Gasteiger partial charge in [-0.2, -0.15) is 0 Å². The van der Waals surface area contributed by atoms with Crippen molar-refractivity contribution in [2.75, 3.05) is 0 Å². The van der Waals surface area contributed by atoms with Gasteiger partial charge in [0.25, 0.3) is 0 Å². The first-order chi connectivity index (χ1) is 9.08. The van der Waals surface area contributed by atoms with Gasteiger partial charge in [-0.3, -0.25) is 0 Å². The Balaban J connectivity index is 2.17. The monoisotopic (exact) mass is 319 g/mol. The molecule has 4 heteroatoms. The minimum atomic E-state index is 0.181. The van der Waals surface area contributed by atoms with Gasteiger partial charge < -0.3 is 10.3 Å². The normalized spacial score (nSPS) is 18.4. The molecule has 0 spiro atoms. The summed E-state index contributed by atoms with van der Waals surface area (Å²) in [5, 5.41) is 0. The van der Waals surface area contributed by atoms with Crippen LogP contribution in [0.25, 0.3) is 5.82 Å². The van der Waals surface area contributed by atoms with Crippen molar-refractivity contribution < 1.29 is 0 Å². The van der Waals surface area contributed by atoms with Gasteiger partial charge >= 0.3 is 0 Å². The fourth-order valence-electron chi connectivity index (χ4n) is 2.91. The number of nitrogens with two attached hydrogens (primary N) is 1. The zero-order valence-corrected chi connectivity index (χ0v) is 12.9. The van der Waals surface area contributed by atoms with E-state index in [1.165, 1.54) is 17.0 Å². The van der Waals surface area contributed by atoms with Gasteiger partial charge in [0.15, 0.2) is 0 Å². The van der Waals surface area contributed by atoms with E-state index in [2.05, 4.69) is 50.6 Å².